The van der Waals surface area contributed by atoms with Gasteiger partial charge in [0.25, 0.3) is 10.0 Å². The molecule has 3 N–H and O–H groups in total. The van der Waals surface area contributed by atoms with Gasteiger partial charge in [-0.1, -0.05) is 0 Å². The van der Waals surface area contributed by atoms with Gasteiger partial charge in [0.15, 0.2) is 5.03 Å². The van der Waals surface area contributed by atoms with Crippen LogP contribution in [0, 0.1) is 0 Å². The average Bonchev–Trinajstić information content (AvgIpc) is 2.46. The Morgan fingerprint density at radius 1 is 1.14 bits per heavy atom. The lowest BCUT2D eigenvalue weighted by Crippen LogP contribution is -2.50. The third-order valence-corrected chi connectivity index (χ3v) is 6.34. The summed E-state index contributed by atoms with van der Waals surface area (Å²) in [5.41, 5.74) is 2.50. The molecule has 1 aromatic heterocycles. The van der Waals surface area contributed by atoms with Crippen LogP contribution in [0.15, 0.2) is 23.4 Å². The molecule has 118 valence electrons. The number of piperazine rings is 1. The van der Waals surface area contributed by atoms with Crippen molar-refractivity contribution in [1.82, 2.24) is 13.6 Å². The van der Waals surface area contributed by atoms with Crippen LogP contribution in [0.1, 0.15) is 0 Å². The van der Waals surface area contributed by atoms with Crippen molar-refractivity contribution in [2.24, 2.45) is 5.84 Å². The number of sulfonamides is 2. The molecule has 0 radical (unpaired) electrons. The minimum atomic E-state index is -3.82. The van der Waals surface area contributed by atoms with Gasteiger partial charge in [-0.05, 0) is 12.1 Å². The van der Waals surface area contributed by atoms with Gasteiger partial charge in [0, 0.05) is 32.4 Å². The zero-order valence-electron chi connectivity index (χ0n) is 11.4. The van der Waals surface area contributed by atoms with Crippen molar-refractivity contribution in [3.8, 4) is 0 Å². The maximum absolute atomic E-state index is 12.5. The Kier molecular flexibility index (Phi) is 4.49. The van der Waals surface area contributed by atoms with Gasteiger partial charge in [-0.3, -0.25) is 5.84 Å². The van der Waals surface area contributed by atoms with Gasteiger partial charge in [0.2, 0.25) is 10.0 Å². The molecule has 1 aliphatic heterocycles. The molecule has 0 spiro atoms. The predicted molar refractivity (Wildman–Crippen MR) is 77.2 cm³/mol. The Hall–Kier alpha value is -1.27. The van der Waals surface area contributed by atoms with Crippen molar-refractivity contribution >= 4 is 25.7 Å². The van der Waals surface area contributed by atoms with Crippen LogP contribution in [-0.2, 0) is 20.0 Å². The molecule has 1 saturated heterocycles. The van der Waals surface area contributed by atoms with Gasteiger partial charge in [-0.2, -0.15) is 8.61 Å². The SMILES string of the molecule is CS(=O)(=O)N1CCN(S(=O)(=O)c2ncccc2NN)CC1. The quantitative estimate of drug-likeness (QED) is 0.514. The molecule has 9 nitrogen and oxygen atoms in total. The summed E-state index contributed by atoms with van der Waals surface area (Å²) < 4.78 is 50.4. The van der Waals surface area contributed by atoms with Gasteiger partial charge < -0.3 is 5.43 Å². The number of hydrogen-bond donors (Lipinski definition) is 2. The topological polar surface area (TPSA) is 126 Å². The van der Waals surface area contributed by atoms with E-state index in [9.17, 15) is 16.8 Å². The standard InChI is InChI=1S/C10H17N5O4S2/c1-20(16,17)14-5-7-15(8-6-14)21(18,19)10-9(13-11)3-2-4-12-10/h2-4,13H,5-8,11H2,1H3. The molecular formula is C10H17N5O4S2. The van der Waals surface area contributed by atoms with Gasteiger partial charge in [0.05, 0.1) is 11.9 Å². The van der Waals surface area contributed by atoms with Crippen LogP contribution < -0.4 is 11.3 Å². The summed E-state index contributed by atoms with van der Waals surface area (Å²) in [6.45, 7) is 0.401. The molecule has 0 unspecified atom stereocenters. The summed E-state index contributed by atoms with van der Waals surface area (Å²) in [5.74, 6) is 5.30. The molecule has 2 rings (SSSR count). The summed E-state index contributed by atoms with van der Waals surface area (Å²) in [5, 5.41) is -0.166. The lowest BCUT2D eigenvalue weighted by molar-refractivity contribution is 0.273. The van der Waals surface area contributed by atoms with E-state index >= 15 is 0 Å². The second kappa shape index (κ2) is 5.85. The van der Waals surface area contributed by atoms with Gasteiger partial charge in [-0.15, -0.1) is 0 Å². The lowest BCUT2D eigenvalue weighted by atomic mass is 10.4. The highest BCUT2D eigenvalue weighted by molar-refractivity contribution is 7.89. The third kappa shape index (κ3) is 3.32. The van der Waals surface area contributed by atoms with Gasteiger partial charge >= 0.3 is 0 Å². The highest BCUT2D eigenvalue weighted by atomic mass is 32.2. The zero-order valence-corrected chi connectivity index (χ0v) is 13.1. The van der Waals surface area contributed by atoms with Gasteiger partial charge in [0.1, 0.15) is 0 Å². The number of hydrazine groups is 1. The van der Waals surface area contributed by atoms with Crippen molar-refractivity contribution < 1.29 is 16.8 Å². The Morgan fingerprint density at radius 3 is 2.24 bits per heavy atom. The molecule has 1 fully saturated rings. The summed E-state index contributed by atoms with van der Waals surface area (Å²) in [7, 11) is -7.12. The fraction of sp³-hybridized carbons (Fsp3) is 0.500. The Bertz CT molecular complexity index is 711. The first kappa shape index (κ1) is 16.1. The van der Waals surface area contributed by atoms with E-state index in [1.54, 1.807) is 6.07 Å². The Balaban J connectivity index is 2.23. The number of nitrogens with one attached hydrogen (secondary N) is 1. The largest absolute Gasteiger partial charge is 0.321 e. The van der Waals surface area contributed by atoms with E-state index < -0.39 is 20.0 Å². The highest BCUT2D eigenvalue weighted by Crippen LogP contribution is 2.22. The Morgan fingerprint density at radius 2 is 1.71 bits per heavy atom. The fourth-order valence-corrected chi connectivity index (χ4v) is 4.38. The smallest absolute Gasteiger partial charge is 0.262 e. The van der Waals surface area contributed by atoms with Crippen molar-refractivity contribution in [3.05, 3.63) is 18.3 Å². The maximum Gasteiger partial charge on any atom is 0.262 e. The van der Waals surface area contributed by atoms with Gasteiger partial charge in [-0.25, -0.2) is 21.8 Å². The molecular weight excluding hydrogens is 318 g/mol. The molecule has 0 aliphatic carbocycles. The molecule has 21 heavy (non-hydrogen) atoms. The van der Waals surface area contributed by atoms with Crippen LogP contribution in [0.2, 0.25) is 0 Å². The molecule has 0 aromatic carbocycles. The van der Waals surface area contributed by atoms with E-state index in [4.69, 9.17) is 5.84 Å². The number of anilines is 1. The first-order chi connectivity index (χ1) is 9.76. The first-order valence-electron chi connectivity index (χ1n) is 6.13. The van der Waals surface area contributed by atoms with E-state index in [1.165, 1.54) is 20.9 Å². The monoisotopic (exact) mass is 335 g/mol. The third-order valence-electron chi connectivity index (χ3n) is 3.18. The summed E-state index contributed by atoms with van der Waals surface area (Å²) in [6, 6.07) is 3.07. The number of aromatic nitrogens is 1. The van der Waals surface area contributed by atoms with E-state index in [2.05, 4.69) is 10.4 Å². The molecule has 0 saturated carbocycles. The van der Waals surface area contributed by atoms with Crippen LogP contribution in [0.4, 0.5) is 5.69 Å². The average molecular weight is 335 g/mol. The lowest BCUT2D eigenvalue weighted by Gasteiger charge is -2.32. The Labute approximate surface area is 123 Å². The first-order valence-corrected chi connectivity index (χ1v) is 9.42. The van der Waals surface area contributed by atoms with E-state index in [0.29, 0.717) is 0 Å². The molecule has 1 aromatic rings. The van der Waals surface area contributed by atoms with Crippen molar-refractivity contribution in [2.75, 3.05) is 37.9 Å². The normalized spacial score (nSPS) is 18.6. The number of hydrogen-bond acceptors (Lipinski definition) is 7. The predicted octanol–water partition coefficient (Wildman–Crippen LogP) is -1.37. The van der Waals surface area contributed by atoms with E-state index in [-0.39, 0.29) is 36.9 Å². The molecule has 0 atom stereocenters. The number of nitrogen functional groups attached to an aromatic ring is 1. The summed E-state index contributed by atoms with van der Waals surface area (Å²) in [6.07, 6.45) is 2.47. The minimum absolute atomic E-state index is 0.0794. The van der Waals surface area contributed by atoms with Crippen LogP contribution >= 0.6 is 0 Å². The van der Waals surface area contributed by atoms with Crippen molar-refractivity contribution in [1.29, 1.82) is 0 Å². The molecule has 1 aliphatic rings. The maximum atomic E-state index is 12.5. The molecule has 0 amide bonds. The zero-order chi connectivity index (χ0) is 15.7. The molecule has 11 heteroatoms. The number of nitrogens with two attached hydrogens (primary N) is 1. The number of pyridine rings is 1. The second-order valence-corrected chi connectivity index (χ2v) is 8.40. The number of rotatable bonds is 4. The van der Waals surface area contributed by atoms with E-state index in [0.717, 1.165) is 6.26 Å². The van der Waals surface area contributed by atoms with Crippen LogP contribution in [0.5, 0.6) is 0 Å². The van der Waals surface area contributed by atoms with E-state index in [1.807, 2.05) is 0 Å². The molecule has 2 heterocycles. The second-order valence-electron chi connectivity index (χ2n) is 4.57. The van der Waals surface area contributed by atoms with Crippen molar-refractivity contribution in [3.63, 3.8) is 0 Å². The van der Waals surface area contributed by atoms with Crippen molar-refractivity contribution in [2.45, 2.75) is 5.03 Å². The van der Waals surface area contributed by atoms with Crippen LogP contribution in [-0.4, -0.2) is 62.9 Å². The van der Waals surface area contributed by atoms with Crippen LogP contribution in [0.25, 0.3) is 0 Å². The highest BCUT2D eigenvalue weighted by Gasteiger charge is 2.33. The fourth-order valence-electron chi connectivity index (χ4n) is 2.07. The summed E-state index contributed by atoms with van der Waals surface area (Å²) >= 11 is 0. The summed E-state index contributed by atoms with van der Waals surface area (Å²) in [4.78, 5) is 3.86. The van der Waals surface area contributed by atoms with Crippen LogP contribution in [0.3, 0.4) is 0 Å². The minimum Gasteiger partial charge on any atom is -0.321 e. The molecule has 0 bridgehead atoms. The number of nitrogens with zero attached hydrogens (tertiary/aromatic N) is 3.